The van der Waals surface area contributed by atoms with Crippen molar-refractivity contribution < 1.29 is 9.59 Å². The third-order valence-corrected chi connectivity index (χ3v) is 6.88. The number of thiophene rings is 1. The van der Waals surface area contributed by atoms with E-state index in [0.29, 0.717) is 6.54 Å². The molecule has 2 aliphatic rings. The quantitative estimate of drug-likeness (QED) is 0.465. The molecule has 2 aromatic rings. The number of hydrogen-bond acceptors (Lipinski definition) is 4. The van der Waals surface area contributed by atoms with Gasteiger partial charge in [0.1, 0.15) is 5.54 Å². The Bertz CT molecular complexity index is 880. The van der Waals surface area contributed by atoms with Gasteiger partial charge in [-0.2, -0.15) is 0 Å². The number of amides is 3. The highest BCUT2D eigenvalue weighted by molar-refractivity contribution is 7.15. The highest BCUT2D eigenvalue weighted by atomic mass is 35.5. The number of hydrogen-bond donors (Lipinski definition) is 2. The molecule has 1 saturated heterocycles. The molecule has 1 saturated carbocycles. The molecule has 5 nitrogen and oxygen atoms in total. The van der Waals surface area contributed by atoms with Crippen molar-refractivity contribution in [3.05, 3.63) is 46.3 Å². The van der Waals surface area contributed by atoms with Crippen molar-refractivity contribution in [2.24, 2.45) is 0 Å². The van der Waals surface area contributed by atoms with E-state index in [9.17, 15) is 9.59 Å². The van der Waals surface area contributed by atoms with Crippen molar-refractivity contribution >= 4 is 47.3 Å². The van der Waals surface area contributed by atoms with Gasteiger partial charge in [0, 0.05) is 27.9 Å². The molecule has 2 heterocycles. The van der Waals surface area contributed by atoms with E-state index in [4.69, 9.17) is 11.6 Å². The van der Waals surface area contributed by atoms with E-state index < -0.39 is 5.54 Å². The van der Waals surface area contributed by atoms with Gasteiger partial charge < -0.3 is 10.6 Å². The van der Waals surface area contributed by atoms with Gasteiger partial charge in [0.05, 0.1) is 0 Å². The first-order valence-electron chi connectivity index (χ1n) is 9.77. The smallest absolute Gasteiger partial charge is 0.323 e. The topological polar surface area (TPSA) is 61.4 Å². The summed E-state index contributed by atoms with van der Waals surface area (Å²) in [4.78, 5) is 28.6. The highest BCUT2D eigenvalue weighted by Gasteiger charge is 2.51. The maximum Gasteiger partial charge on any atom is 0.325 e. The minimum atomic E-state index is -0.599. The lowest BCUT2D eigenvalue weighted by atomic mass is 9.98. The summed E-state index contributed by atoms with van der Waals surface area (Å²) >= 11 is 7.81. The van der Waals surface area contributed by atoms with Crippen LogP contribution in [-0.4, -0.2) is 35.5 Å². The van der Waals surface area contributed by atoms with E-state index in [1.54, 1.807) is 11.3 Å². The Morgan fingerprint density at radius 3 is 2.72 bits per heavy atom. The predicted molar refractivity (Wildman–Crippen MR) is 120 cm³/mol. The molecule has 0 unspecified atom stereocenters. The largest absolute Gasteiger partial charge is 0.325 e. The van der Waals surface area contributed by atoms with Gasteiger partial charge in [-0.15, -0.1) is 23.7 Å². The van der Waals surface area contributed by atoms with Gasteiger partial charge in [-0.1, -0.05) is 36.6 Å². The van der Waals surface area contributed by atoms with E-state index in [-0.39, 0.29) is 24.3 Å². The summed E-state index contributed by atoms with van der Waals surface area (Å²) in [7, 11) is 0. The molecule has 1 aliphatic carbocycles. The second-order valence-electron chi connectivity index (χ2n) is 7.48. The first kappa shape index (κ1) is 22.1. The van der Waals surface area contributed by atoms with Crippen LogP contribution in [0.4, 0.5) is 4.79 Å². The summed E-state index contributed by atoms with van der Waals surface area (Å²) < 4.78 is 0. The Labute approximate surface area is 186 Å². The van der Waals surface area contributed by atoms with Gasteiger partial charge in [0.15, 0.2) is 0 Å². The molecule has 156 valence electrons. The molecule has 8 heteroatoms. The van der Waals surface area contributed by atoms with Crippen LogP contribution in [0, 0.1) is 0 Å². The summed E-state index contributed by atoms with van der Waals surface area (Å²) in [5.41, 5.74) is 0.529. The Morgan fingerprint density at radius 2 is 1.97 bits per heavy atom. The van der Waals surface area contributed by atoms with Crippen LogP contribution < -0.4 is 10.6 Å². The minimum Gasteiger partial charge on any atom is -0.323 e. The number of benzene rings is 1. The number of nitrogens with zero attached hydrogens (tertiary/aromatic N) is 1. The number of halogens is 2. The van der Waals surface area contributed by atoms with Crippen molar-refractivity contribution in [3.8, 4) is 10.4 Å². The summed E-state index contributed by atoms with van der Waals surface area (Å²) in [6.45, 7) is 2.00. The van der Waals surface area contributed by atoms with Gasteiger partial charge in [0.25, 0.3) is 5.91 Å². The Hall–Kier alpha value is -1.60. The van der Waals surface area contributed by atoms with Crippen molar-refractivity contribution in [3.63, 3.8) is 0 Å². The zero-order chi connectivity index (χ0) is 19.6. The maximum atomic E-state index is 12.6. The number of rotatable bonds is 7. The molecule has 1 aromatic heterocycles. The number of imide groups is 1. The van der Waals surface area contributed by atoms with E-state index in [0.717, 1.165) is 55.8 Å². The van der Waals surface area contributed by atoms with E-state index in [1.807, 2.05) is 18.2 Å². The average molecular weight is 454 g/mol. The molecular weight excluding hydrogens is 429 g/mol. The normalized spacial score (nSPS) is 17.6. The Morgan fingerprint density at radius 1 is 1.17 bits per heavy atom. The predicted octanol–water partition coefficient (Wildman–Crippen LogP) is 4.83. The van der Waals surface area contributed by atoms with Crippen molar-refractivity contribution in [2.45, 2.75) is 44.2 Å². The molecule has 2 fully saturated rings. The fourth-order valence-corrected chi connectivity index (χ4v) is 5.20. The van der Waals surface area contributed by atoms with Crippen LogP contribution in [-0.2, 0) is 11.3 Å². The molecular formula is C21H25Cl2N3O2S. The molecule has 0 radical (unpaired) electrons. The van der Waals surface area contributed by atoms with Gasteiger partial charge in [-0.05, 0) is 55.6 Å². The first-order chi connectivity index (χ1) is 13.6. The lowest BCUT2D eigenvalue weighted by molar-refractivity contribution is -0.131. The molecule has 3 amide bonds. The van der Waals surface area contributed by atoms with Crippen molar-refractivity contribution in [2.75, 3.05) is 13.1 Å². The van der Waals surface area contributed by atoms with Crippen molar-refractivity contribution in [1.82, 2.24) is 15.5 Å². The number of carbonyl (C=O) groups excluding carboxylic acids is 2. The van der Waals surface area contributed by atoms with Crippen LogP contribution in [0.15, 0.2) is 36.4 Å². The van der Waals surface area contributed by atoms with Crippen LogP contribution in [0.25, 0.3) is 10.4 Å². The maximum absolute atomic E-state index is 12.6. The zero-order valence-corrected chi connectivity index (χ0v) is 18.5. The minimum absolute atomic E-state index is 0. The molecule has 1 aliphatic heterocycles. The average Bonchev–Trinajstić information content (AvgIpc) is 3.38. The molecule has 0 atom stereocenters. The van der Waals surface area contributed by atoms with Gasteiger partial charge in [-0.25, -0.2) is 4.79 Å². The number of nitrogens with one attached hydrogen (secondary N) is 2. The van der Waals surface area contributed by atoms with E-state index >= 15 is 0 Å². The van der Waals surface area contributed by atoms with Gasteiger partial charge in [0.2, 0.25) is 0 Å². The summed E-state index contributed by atoms with van der Waals surface area (Å²) in [5.74, 6) is -0.0283. The Balaban J connectivity index is 0.00000240. The second kappa shape index (κ2) is 9.47. The molecule has 4 rings (SSSR count). The Kier molecular flexibility index (Phi) is 7.22. The SMILES string of the molecule is Cl.O=C1NC2(CCCC2)C(=O)N1CCCNCc1ccc(-c2cccc(Cl)c2)s1. The number of urea groups is 1. The molecule has 29 heavy (non-hydrogen) atoms. The van der Waals surface area contributed by atoms with Crippen molar-refractivity contribution in [1.29, 1.82) is 0 Å². The van der Waals surface area contributed by atoms with Crippen LogP contribution in [0.1, 0.15) is 37.0 Å². The molecule has 1 aromatic carbocycles. The van der Waals surface area contributed by atoms with Crippen LogP contribution in [0.5, 0.6) is 0 Å². The van der Waals surface area contributed by atoms with Gasteiger partial charge in [-0.3, -0.25) is 9.69 Å². The van der Waals surface area contributed by atoms with Gasteiger partial charge >= 0.3 is 6.03 Å². The molecule has 2 N–H and O–H groups in total. The van der Waals surface area contributed by atoms with Crippen LogP contribution >= 0.6 is 35.3 Å². The third-order valence-electron chi connectivity index (χ3n) is 5.51. The highest BCUT2D eigenvalue weighted by Crippen LogP contribution is 2.35. The first-order valence-corrected chi connectivity index (χ1v) is 11.0. The number of carbonyl (C=O) groups is 2. The summed E-state index contributed by atoms with van der Waals surface area (Å²) in [6.07, 6.45) is 4.33. The van der Waals surface area contributed by atoms with Crippen LogP contribution in [0.2, 0.25) is 5.02 Å². The summed E-state index contributed by atoms with van der Waals surface area (Å²) in [6, 6.07) is 11.9. The fraction of sp³-hybridized carbons (Fsp3) is 0.429. The second-order valence-corrected chi connectivity index (χ2v) is 9.09. The monoisotopic (exact) mass is 453 g/mol. The standard InChI is InChI=1S/C21H24ClN3O2S.ClH/c22-16-6-3-5-15(13-16)18-8-7-17(28-18)14-23-11-4-12-25-19(26)21(24-20(25)27)9-1-2-10-21;/h3,5-8,13,23H,1-2,4,9-12,14H2,(H,24,27);1H. The van der Waals surface area contributed by atoms with E-state index in [2.05, 4.69) is 28.8 Å². The third kappa shape index (κ3) is 4.77. The zero-order valence-electron chi connectivity index (χ0n) is 16.1. The lowest BCUT2D eigenvalue weighted by Gasteiger charge is -2.20. The molecule has 0 bridgehead atoms. The summed E-state index contributed by atoms with van der Waals surface area (Å²) in [5, 5.41) is 7.08. The van der Waals surface area contributed by atoms with Crippen LogP contribution in [0.3, 0.4) is 0 Å². The lowest BCUT2D eigenvalue weighted by Crippen LogP contribution is -2.44. The fourth-order valence-electron chi connectivity index (χ4n) is 4.04. The molecule has 1 spiro atoms. The van der Waals surface area contributed by atoms with E-state index in [1.165, 1.54) is 14.7 Å².